The van der Waals surface area contributed by atoms with E-state index in [0.29, 0.717) is 25.0 Å². The summed E-state index contributed by atoms with van der Waals surface area (Å²) >= 11 is 0. The molecule has 0 aliphatic rings. The number of terminal acetylenes is 1. The highest BCUT2D eigenvalue weighted by molar-refractivity contribution is 5.70. The predicted molar refractivity (Wildman–Crippen MR) is 124 cm³/mol. The van der Waals surface area contributed by atoms with Crippen LogP contribution in [0.3, 0.4) is 0 Å². The molecule has 31 heavy (non-hydrogen) atoms. The monoisotopic (exact) mass is 405 g/mol. The molecule has 152 valence electrons. The minimum absolute atomic E-state index is 0.421. The number of ether oxygens (including phenoxy) is 2. The molecule has 0 aliphatic heterocycles. The van der Waals surface area contributed by atoms with Crippen molar-refractivity contribution in [3.05, 3.63) is 113 Å². The zero-order valence-electron chi connectivity index (χ0n) is 17.4. The van der Waals surface area contributed by atoms with Gasteiger partial charge in [-0.1, -0.05) is 72.7 Å². The summed E-state index contributed by atoms with van der Waals surface area (Å²) < 4.78 is 12.1. The van der Waals surface area contributed by atoms with Gasteiger partial charge in [0.05, 0.1) is 0 Å². The molecule has 1 aromatic heterocycles. The van der Waals surface area contributed by atoms with E-state index >= 15 is 0 Å². The Morgan fingerprint density at radius 3 is 2.03 bits per heavy atom. The summed E-state index contributed by atoms with van der Waals surface area (Å²) in [5.74, 6) is 3.76. The van der Waals surface area contributed by atoms with Crippen LogP contribution < -0.4 is 9.47 Å². The van der Waals surface area contributed by atoms with Crippen LogP contribution in [0.1, 0.15) is 22.3 Å². The number of rotatable bonds is 7. The molecule has 3 aromatic carbocycles. The third-order valence-electron chi connectivity index (χ3n) is 4.98. The fraction of sp³-hybridized carbons (Fsp3) is 0.107. The Balaban J connectivity index is 1.62. The van der Waals surface area contributed by atoms with Crippen molar-refractivity contribution in [3.63, 3.8) is 0 Å². The molecule has 0 saturated heterocycles. The highest BCUT2D eigenvalue weighted by atomic mass is 16.5. The van der Waals surface area contributed by atoms with Crippen molar-refractivity contribution in [2.24, 2.45) is 0 Å². The largest absolute Gasteiger partial charge is 0.473 e. The van der Waals surface area contributed by atoms with Crippen LogP contribution in [0, 0.1) is 19.3 Å². The summed E-state index contributed by atoms with van der Waals surface area (Å²) in [5.41, 5.74) is 5.98. The standard InChI is InChI=1S/C28H23NO2/c1-3-24-14-15-25(18-21(24)2)26-16-17-27(30-19-22-10-6-4-7-11-22)29-28(26)31-20-23-12-8-5-9-13-23/h1,4-18H,19-20H2,2H3. The maximum atomic E-state index is 6.14. The van der Waals surface area contributed by atoms with Crippen molar-refractivity contribution in [1.29, 1.82) is 0 Å². The first-order valence-electron chi connectivity index (χ1n) is 10.1. The predicted octanol–water partition coefficient (Wildman–Crippen LogP) is 6.20. The molecule has 0 radical (unpaired) electrons. The first kappa shape index (κ1) is 20.3. The van der Waals surface area contributed by atoms with Crippen LogP contribution in [-0.2, 0) is 13.2 Å². The Labute approximate surface area is 183 Å². The van der Waals surface area contributed by atoms with Crippen LogP contribution in [0.5, 0.6) is 11.8 Å². The Morgan fingerprint density at radius 1 is 0.774 bits per heavy atom. The zero-order chi connectivity index (χ0) is 21.5. The molecule has 3 nitrogen and oxygen atoms in total. The van der Waals surface area contributed by atoms with Gasteiger partial charge in [-0.3, -0.25) is 0 Å². The van der Waals surface area contributed by atoms with E-state index in [1.54, 1.807) is 0 Å². The fourth-order valence-corrected chi connectivity index (χ4v) is 3.28. The highest BCUT2D eigenvalue weighted by Crippen LogP contribution is 2.32. The Morgan fingerprint density at radius 2 is 1.42 bits per heavy atom. The van der Waals surface area contributed by atoms with E-state index in [-0.39, 0.29) is 0 Å². The Bertz CT molecular complexity index is 1190. The molecule has 3 heteroatoms. The number of aryl methyl sites for hydroxylation is 1. The lowest BCUT2D eigenvalue weighted by Crippen LogP contribution is -2.02. The molecule has 0 N–H and O–H groups in total. The Kier molecular flexibility index (Phi) is 6.30. The van der Waals surface area contributed by atoms with E-state index < -0.39 is 0 Å². The zero-order valence-corrected chi connectivity index (χ0v) is 17.4. The van der Waals surface area contributed by atoms with E-state index in [1.165, 1.54) is 0 Å². The second-order valence-electron chi connectivity index (χ2n) is 7.22. The smallest absolute Gasteiger partial charge is 0.225 e. The van der Waals surface area contributed by atoms with Crippen molar-refractivity contribution in [2.75, 3.05) is 0 Å². The molecule has 4 aromatic rings. The SMILES string of the molecule is C#Cc1ccc(-c2ccc(OCc3ccccc3)nc2OCc2ccccc2)cc1C. The number of pyridine rings is 1. The number of hydrogen-bond acceptors (Lipinski definition) is 3. The molecule has 0 saturated carbocycles. The minimum Gasteiger partial charge on any atom is -0.473 e. The van der Waals surface area contributed by atoms with Crippen molar-refractivity contribution in [3.8, 4) is 35.2 Å². The molecule has 0 atom stereocenters. The lowest BCUT2D eigenvalue weighted by atomic mass is 10.0. The normalized spacial score (nSPS) is 10.3. The molecule has 0 aliphatic carbocycles. The van der Waals surface area contributed by atoms with E-state index in [9.17, 15) is 0 Å². The van der Waals surface area contributed by atoms with Crippen LogP contribution in [0.15, 0.2) is 91.0 Å². The van der Waals surface area contributed by atoms with Gasteiger partial charge in [0.25, 0.3) is 0 Å². The van der Waals surface area contributed by atoms with Crippen molar-refractivity contribution >= 4 is 0 Å². The highest BCUT2D eigenvalue weighted by Gasteiger charge is 2.12. The van der Waals surface area contributed by atoms with Gasteiger partial charge in [-0.2, -0.15) is 4.98 Å². The summed E-state index contributed by atoms with van der Waals surface area (Å²) in [6, 6.07) is 29.9. The number of benzene rings is 3. The molecule has 0 amide bonds. The van der Waals surface area contributed by atoms with E-state index in [4.69, 9.17) is 15.9 Å². The van der Waals surface area contributed by atoms with E-state index in [1.807, 2.05) is 91.9 Å². The molecule has 0 unspecified atom stereocenters. The molecular weight excluding hydrogens is 382 g/mol. The van der Waals surface area contributed by atoms with Gasteiger partial charge in [0, 0.05) is 17.2 Å². The lowest BCUT2D eigenvalue weighted by Gasteiger charge is -2.14. The second-order valence-corrected chi connectivity index (χ2v) is 7.22. The summed E-state index contributed by atoms with van der Waals surface area (Å²) in [6.07, 6.45) is 5.58. The number of aromatic nitrogens is 1. The van der Waals surface area contributed by atoms with Crippen LogP contribution in [0.25, 0.3) is 11.1 Å². The van der Waals surface area contributed by atoms with Crippen LogP contribution in [0.4, 0.5) is 0 Å². The molecule has 0 spiro atoms. The average Bonchev–Trinajstić information content (AvgIpc) is 2.83. The van der Waals surface area contributed by atoms with Crippen LogP contribution >= 0.6 is 0 Å². The second kappa shape index (κ2) is 9.65. The van der Waals surface area contributed by atoms with Crippen molar-refractivity contribution in [1.82, 2.24) is 4.98 Å². The molecule has 0 bridgehead atoms. The first-order valence-corrected chi connectivity index (χ1v) is 10.1. The van der Waals surface area contributed by atoms with Crippen molar-refractivity contribution in [2.45, 2.75) is 20.1 Å². The van der Waals surface area contributed by atoms with Crippen molar-refractivity contribution < 1.29 is 9.47 Å². The molecular formula is C28H23NO2. The van der Waals surface area contributed by atoms with Gasteiger partial charge in [-0.15, -0.1) is 6.42 Å². The topological polar surface area (TPSA) is 31.4 Å². The summed E-state index contributed by atoms with van der Waals surface area (Å²) in [4.78, 5) is 4.67. The van der Waals surface area contributed by atoms with Gasteiger partial charge in [0.1, 0.15) is 13.2 Å². The van der Waals surface area contributed by atoms with E-state index in [2.05, 4.69) is 17.0 Å². The van der Waals surface area contributed by atoms with Gasteiger partial charge >= 0.3 is 0 Å². The molecule has 4 rings (SSSR count). The summed E-state index contributed by atoms with van der Waals surface area (Å²) in [7, 11) is 0. The maximum Gasteiger partial charge on any atom is 0.225 e. The maximum absolute atomic E-state index is 6.14. The summed E-state index contributed by atoms with van der Waals surface area (Å²) in [6.45, 7) is 2.87. The third kappa shape index (κ3) is 5.12. The van der Waals surface area contributed by atoms with Gasteiger partial charge in [-0.25, -0.2) is 0 Å². The third-order valence-corrected chi connectivity index (χ3v) is 4.98. The molecule has 1 heterocycles. The van der Waals surface area contributed by atoms with Gasteiger partial charge < -0.3 is 9.47 Å². The fourth-order valence-electron chi connectivity index (χ4n) is 3.28. The number of hydrogen-bond donors (Lipinski definition) is 0. The van der Waals surface area contributed by atoms with Gasteiger partial charge in [0.15, 0.2) is 0 Å². The van der Waals surface area contributed by atoms with Gasteiger partial charge in [-0.05, 0) is 47.4 Å². The van der Waals surface area contributed by atoms with Crippen LogP contribution in [0.2, 0.25) is 0 Å². The van der Waals surface area contributed by atoms with E-state index in [0.717, 1.165) is 33.4 Å². The lowest BCUT2D eigenvalue weighted by molar-refractivity contribution is 0.268. The summed E-state index contributed by atoms with van der Waals surface area (Å²) in [5, 5.41) is 0. The molecule has 0 fully saturated rings. The first-order chi connectivity index (χ1) is 15.2. The average molecular weight is 405 g/mol. The quantitative estimate of drug-likeness (QED) is 0.343. The van der Waals surface area contributed by atoms with Gasteiger partial charge in [0.2, 0.25) is 11.8 Å². The number of nitrogens with zero attached hydrogens (tertiary/aromatic N) is 1. The van der Waals surface area contributed by atoms with Crippen LogP contribution in [-0.4, -0.2) is 4.98 Å². The Hall–Kier alpha value is -4.03. The minimum atomic E-state index is 0.421.